The number of nitrogens with zero attached hydrogens (tertiary/aromatic N) is 1. The summed E-state index contributed by atoms with van der Waals surface area (Å²) in [4.78, 5) is 1.67. The first kappa shape index (κ1) is 18.8. The molecule has 0 bridgehead atoms. The van der Waals surface area contributed by atoms with E-state index in [0.717, 1.165) is 45.2 Å². The van der Waals surface area contributed by atoms with Crippen LogP contribution in [0.5, 0.6) is 0 Å². The van der Waals surface area contributed by atoms with E-state index in [2.05, 4.69) is 12.2 Å². The van der Waals surface area contributed by atoms with Crippen molar-refractivity contribution in [1.82, 2.24) is 10.2 Å². The fraction of sp³-hybridized carbons (Fsp3) is 1.00. The minimum atomic E-state index is -4.08. The molecule has 0 aromatic carbocycles. The fourth-order valence-corrected chi connectivity index (χ4v) is 3.06. The van der Waals surface area contributed by atoms with E-state index in [0.29, 0.717) is 6.54 Å². The molecule has 1 aliphatic heterocycles. The number of unbranched alkanes of at least 4 members (excludes halogenated alkanes) is 6. The van der Waals surface area contributed by atoms with Gasteiger partial charge < -0.3 is 5.32 Å². The fourth-order valence-electron chi connectivity index (χ4n) is 3.06. The molecular formula is C16H31F3N2. The van der Waals surface area contributed by atoms with Crippen molar-refractivity contribution in [2.75, 3.05) is 26.2 Å². The van der Waals surface area contributed by atoms with E-state index in [4.69, 9.17) is 0 Å². The average molecular weight is 308 g/mol. The highest BCUT2D eigenvalue weighted by Gasteiger charge is 2.33. The van der Waals surface area contributed by atoms with Gasteiger partial charge in [-0.05, 0) is 38.9 Å². The predicted molar refractivity (Wildman–Crippen MR) is 81.5 cm³/mol. The molecule has 0 radical (unpaired) electrons. The van der Waals surface area contributed by atoms with E-state index in [9.17, 15) is 13.2 Å². The normalized spacial score (nSPS) is 17.6. The highest BCUT2D eigenvalue weighted by molar-refractivity contribution is 4.79. The Morgan fingerprint density at radius 2 is 1.52 bits per heavy atom. The standard InChI is InChI=1S/C16H31F3N2/c1-2-3-4-5-6-7-8-13-21(14-16(17,18)19)15-9-11-20-12-10-15/h15,20H,2-14H2,1H3. The lowest BCUT2D eigenvalue weighted by molar-refractivity contribution is -0.152. The predicted octanol–water partition coefficient (Wildman–Crippen LogP) is 4.35. The summed E-state index contributed by atoms with van der Waals surface area (Å²) in [6.45, 7) is 3.73. The molecule has 0 aliphatic carbocycles. The van der Waals surface area contributed by atoms with Crippen molar-refractivity contribution in [3.8, 4) is 0 Å². The molecular weight excluding hydrogens is 277 g/mol. The van der Waals surface area contributed by atoms with Crippen LogP contribution in [0.2, 0.25) is 0 Å². The van der Waals surface area contributed by atoms with Crippen molar-refractivity contribution in [3.05, 3.63) is 0 Å². The Kier molecular flexibility index (Phi) is 9.32. The Bertz CT molecular complexity index is 250. The Labute approximate surface area is 127 Å². The van der Waals surface area contributed by atoms with E-state index in [1.54, 1.807) is 4.90 Å². The van der Waals surface area contributed by atoms with E-state index >= 15 is 0 Å². The summed E-state index contributed by atoms with van der Waals surface area (Å²) in [5.74, 6) is 0. The first-order valence-electron chi connectivity index (χ1n) is 8.54. The van der Waals surface area contributed by atoms with Gasteiger partial charge in [0.2, 0.25) is 0 Å². The van der Waals surface area contributed by atoms with Crippen LogP contribution in [0.1, 0.15) is 64.7 Å². The van der Waals surface area contributed by atoms with Crippen LogP contribution >= 0.6 is 0 Å². The first-order chi connectivity index (χ1) is 10.0. The van der Waals surface area contributed by atoms with Gasteiger partial charge in [-0.15, -0.1) is 0 Å². The van der Waals surface area contributed by atoms with Crippen LogP contribution in [0, 0.1) is 0 Å². The van der Waals surface area contributed by atoms with E-state index < -0.39 is 12.7 Å². The van der Waals surface area contributed by atoms with Gasteiger partial charge in [-0.3, -0.25) is 4.90 Å². The third kappa shape index (κ3) is 9.35. The zero-order valence-electron chi connectivity index (χ0n) is 13.4. The second kappa shape index (κ2) is 10.4. The highest BCUT2D eigenvalue weighted by Crippen LogP contribution is 2.22. The molecule has 1 N–H and O–H groups in total. The summed E-state index contributed by atoms with van der Waals surface area (Å²) in [5.41, 5.74) is 0. The molecule has 0 amide bonds. The van der Waals surface area contributed by atoms with Crippen LogP contribution in [0.4, 0.5) is 13.2 Å². The SMILES string of the molecule is CCCCCCCCCN(CC(F)(F)F)C1CCNCC1. The summed E-state index contributed by atoms with van der Waals surface area (Å²) in [6, 6.07) is 0.105. The molecule has 5 heteroatoms. The molecule has 1 fully saturated rings. The van der Waals surface area contributed by atoms with E-state index in [1.807, 2.05) is 0 Å². The van der Waals surface area contributed by atoms with E-state index in [1.165, 1.54) is 25.7 Å². The number of rotatable bonds is 10. The monoisotopic (exact) mass is 308 g/mol. The van der Waals surface area contributed by atoms with Gasteiger partial charge in [-0.25, -0.2) is 0 Å². The summed E-state index contributed by atoms with van der Waals surface area (Å²) in [7, 11) is 0. The molecule has 1 rings (SSSR count). The molecule has 0 spiro atoms. The van der Waals surface area contributed by atoms with Crippen LogP contribution in [0.15, 0.2) is 0 Å². The lowest BCUT2D eigenvalue weighted by Gasteiger charge is -2.35. The zero-order chi connectivity index (χ0) is 15.6. The molecule has 0 unspecified atom stereocenters. The van der Waals surface area contributed by atoms with Crippen molar-refractivity contribution in [1.29, 1.82) is 0 Å². The molecule has 0 aromatic rings. The molecule has 2 nitrogen and oxygen atoms in total. The molecule has 0 atom stereocenters. The third-order valence-corrected chi connectivity index (χ3v) is 4.26. The van der Waals surface area contributed by atoms with Crippen molar-refractivity contribution >= 4 is 0 Å². The number of piperidine rings is 1. The maximum atomic E-state index is 12.7. The Morgan fingerprint density at radius 3 is 2.10 bits per heavy atom. The lowest BCUT2D eigenvalue weighted by Crippen LogP contribution is -2.47. The largest absolute Gasteiger partial charge is 0.401 e. The average Bonchev–Trinajstić information content (AvgIpc) is 2.45. The molecule has 21 heavy (non-hydrogen) atoms. The van der Waals surface area contributed by atoms with Crippen LogP contribution in [0.3, 0.4) is 0 Å². The Balaban J connectivity index is 2.25. The van der Waals surface area contributed by atoms with Gasteiger partial charge in [0.25, 0.3) is 0 Å². The topological polar surface area (TPSA) is 15.3 Å². The van der Waals surface area contributed by atoms with Gasteiger partial charge in [-0.1, -0.05) is 45.4 Å². The molecule has 0 saturated carbocycles. The number of hydrogen-bond acceptors (Lipinski definition) is 2. The van der Waals surface area contributed by atoms with Crippen molar-refractivity contribution in [2.24, 2.45) is 0 Å². The minimum absolute atomic E-state index is 0.105. The number of hydrogen-bond donors (Lipinski definition) is 1. The van der Waals surface area contributed by atoms with Crippen LogP contribution < -0.4 is 5.32 Å². The summed E-state index contributed by atoms with van der Waals surface area (Å²) in [5, 5.41) is 3.22. The van der Waals surface area contributed by atoms with Gasteiger partial charge in [-0.2, -0.15) is 13.2 Å². The second-order valence-corrected chi connectivity index (χ2v) is 6.19. The zero-order valence-corrected chi connectivity index (χ0v) is 13.4. The maximum absolute atomic E-state index is 12.7. The van der Waals surface area contributed by atoms with E-state index in [-0.39, 0.29) is 6.04 Å². The molecule has 0 aromatic heterocycles. The van der Waals surface area contributed by atoms with Crippen molar-refractivity contribution in [2.45, 2.75) is 76.9 Å². The number of halogens is 3. The first-order valence-corrected chi connectivity index (χ1v) is 8.54. The molecule has 126 valence electrons. The molecule has 1 heterocycles. The van der Waals surface area contributed by atoms with Gasteiger partial charge in [0.1, 0.15) is 0 Å². The third-order valence-electron chi connectivity index (χ3n) is 4.26. The molecule has 1 aliphatic rings. The second-order valence-electron chi connectivity index (χ2n) is 6.19. The lowest BCUT2D eigenvalue weighted by atomic mass is 10.0. The van der Waals surface area contributed by atoms with Gasteiger partial charge in [0.15, 0.2) is 0 Å². The van der Waals surface area contributed by atoms with Crippen LogP contribution in [-0.4, -0.2) is 43.3 Å². The van der Waals surface area contributed by atoms with Crippen molar-refractivity contribution < 1.29 is 13.2 Å². The van der Waals surface area contributed by atoms with Crippen molar-refractivity contribution in [3.63, 3.8) is 0 Å². The number of nitrogens with one attached hydrogen (secondary N) is 1. The maximum Gasteiger partial charge on any atom is 0.401 e. The minimum Gasteiger partial charge on any atom is -0.317 e. The van der Waals surface area contributed by atoms with Gasteiger partial charge in [0.05, 0.1) is 6.54 Å². The van der Waals surface area contributed by atoms with Gasteiger partial charge in [0, 0.05) is 6.04 Å². The van der Waals surface area contributed by atoms with Crippen LogP contribution in [0.25, 0.3) is 0 Å². The quantitative estimate of drug-likeness (QED) is 0.603. The highest BCUT2D eigenvalue weighted by atomic mass is 19.4. The Morgan fingerprint density at radius 1 is 0.952 bits per heavy atom. The summed E-state index contributed by atoms with van der Waals surface area (Å²) < 4.78 is 38.2. The van der Waals surface area contributed by atoms with Gasteiger partial charge >= 0.3 is 6.18 Å². The summed E-state index contributed by atoms with van der Waals surface area (Å²) in [6.07, 6.45) is 5.70. The smallest absolute Gasteiger partial charge is 0.317 e. The summed E-state index contributed by atoms with van der Waals surface area (Å²) >= 11 is 0. The Hall–Kier alpha value is -0.290. The van der Waals surface area contributed by atoms with Crippen LogP contribution in [-0.2, 0) is 0 Å². The molecule has 1 saturated heterocycles. The number of alkyl halides is 3.